The third-order valence-corrected chi connectivity index (χ3v) is 4.05. The van der Waals surface area contributed by atoms with Crippen LogP contribution in [0.5, 0.6) is 0 Å². The number of ether oxygens (including phenoxy) is 1. The summed E-state index contributed by atoms with van der Waals surface area (Å²) in [6, 6.07) is 10.1. The number of alkyl halides is 3. The zero-order valence-electron chi connectivity index (χ0n) is 13.5. The van der Waals surface area contributed by atoms with Crippen molar-refractivity contribution in [2.24, 2.45) is 0 Å². The Morgan fingerprint density at radius 1 is 1.23 bits per heavy atom. The summed E-state index contributed by atoms with van der Waals surface area (Å²) in [4.78, 5) is 12.6. The van der Waals surface area contributed by atoms with Gasteiger partial charge in [0.15, 0.2) is 5.76 Å². The molecule has 136 valence electrons. The van der Waals surface area contributed by atoms with E-state index in [1.807, 2.05) is 0 Å². The maximum atomic E-state index is 13.0. The van der Waals surface area contributed by atoms with E-state index in [-0.39, 0.29) is 18.1 Å². The molecule has 0 aliphatic heterocycles. The second-order valence-electron chi connectivity index (χ2n) is 5.49. The normalized spacial score (nSPS) is 11.7. The van der Waals surface area contributed by atoms with Crippen LogP contribution in [-0.4, -0.2) is 13.0 Å². The van der Waals surface area contributed by atoms with Gasteiger partial charge in [-0.15, -0.1) is 0 Å². The molecule has 1 amide bonds. The maximum Gasteiger partial charge on any atom is 0.417 e. The van der Waals surface area contributed by atoms with E-state index in [1.54, 1.807) is 24.3 Å². The van der Waals surface area contributed by atoms with E-state index in [4.69, 9.17) is 20.8 Å². The van der Waals surface area contributed by atoms with Crippen molar-refractivity contribution >= 4 is 34.2 Å². The van der Waals surface area contributed by atoms with Crippen molar-refractivity contribution in [3.05, 3.63) is 64.4 Å². The highest BCUT2D eigenvalue weighted by atomic mass is 35.5. The first-order chi connectivity index (χ1) is 12.3. The lowest BCUT2D eigenvalue weighted by Crippen LogP contribution is -2.14. The topological polar surface area (TPSA) is 51.5 Å². The lowest BCUT2D eigenvalue weighted by molar-refractivity contribution is -0.137. The van der Waals surface area contributed by atoms with E-state index in [9.17, 15) is 18.0 Å². The van der Waals surface area contributed by atoms with Crippen LogP contribution >= 0.6 is 11.6 Å². The second kappa shape index (κ2) is 7.01. The number of rotatable bonds is 4. The molecule has 3 rings (SSSR count). The van der Waals surface area contributed by atoms with E-state index in [0.29, 0.717) is 16.5 Å². The van der Waals surface area contributed by atoms with Gasteiger partial charge in [0.2, 0.25) is 0 Å². The van der Waals surface area contributed by atoms with Gasteiger partial charge < -0.3 is 14.5 Å². The van der Waals surface area contributed by atoms with Crippen molar-refractivity contribution in [2.45, 2.75) is 12.8 Å². The van der Waals surface area contributed by atoms with Gasteiger partial charge in [-0.2, -0.15) is 13.2 Å². The maximum absolute atomic E-state index is 13.0. The summed E-state index contributed by atoms with van der Waals surface area (Å²) in [5.41, 5.74) is -0.0726. The highest BCUT2D eigenvalue weighted by molar-refractivity contribution is 6.31. The van der Waals surface area contributed by atoms with E-state index in [2.05, 4.69) is 5.32 Å². The molecule has 0 saturated carbocycles. The third kappa shape index (κ3) is 3.54. The van der Waals surface area contributed by atoms with E-state index in [1.165, 1.54) is 13.2 Å². The minimum atomic E-state index is -4.63. The van der Waals surface area contributed by atoms with Gasteiger partial charge in [-0.1, -0.05) is 29.8 Å². The average Bonchev–Trinajstić information content (AvgIpc) is 2.95. The predicted octanol–water partition coefficient (Wildman–Crippen LogP) is 5.50. The Labute approximate surface area is 151 Å². The predicted molar refractivity (Wildman–Crippen MR) is 91.3 cm³/mol. The molecule has 0 aliphatic carbocycles. The molecule has 3 aromatic rings. The van der Waals surface area contributed by atoms with Crippen LogP contribution < -0.4 is 5.32 Å². The number of nitrogens with one attached hydrogen (secondary N) is 1. The molecular formula is C18H13ClF3NO3. The fourth-order valence-corrected chi connectivity index (χ4v) is 2.80. The minimum absolute atomic E-state index is 0.0171. The van der Waals surface area contributed by atoms with Gasteiger partial charge in [-0.3, -0.25) is 4.79 Å². The number of benzene rings is 2. The summed E-state index contributed by atoms with van der Waals surface area (Å²) in [5, 5.41) is 2.67. The Morgan fingerprint density at radius 3 is 2.65 bits per heavy atom. The molecule has 0 fully saturated rings. The largest absolute Gasteiger partial charge is 0.451 e. The van der Waals surface area contributed by atoms with Crippen molar-refractivity contribution in [1.82, 2.24) is 0 Å². The molecule has 0 spiro atoms. The van der Waals surface area contributed by atoms with Crippen molar-refractivity contribution in [3.63, 3.8) is 0 Å². The van der Waals surface area contributed by atoms with Crippen LogP contribution in [0.3, 0.4) is 0 Å². The average molecular weight is 384 g/mol. The number of methoxy groups -OCH3 is 1. The Morgan fingerprint density at radius 2 is 1.96 bits per heavy atom. The van der Waals surface area contributed by atoms with Crippen molar-refractivity contribution in [1.29, 1.82) is 0 Å². The molecule has 0 saturated heterocycles. The lowest BCUT2D eigenvalue weighted by Gasteiger charge is -2.11. The SMILES string of the molecule is COCc1c(C(=O)Nc2ccc(Cl)c(C(F)(F)F)c2)oc2ccccc12. The van der Waals surface area contributed by atoms with Gasteiger partial charge in [0.05, 0.1) is 17.2 Å². The quantitative estimate of drug-likeness (QED) is 0.646. The molecule has 4 nitrogen and oxygen atoms in total. The standard InChI is InChI=1S/C18H13ClF3NO3/c1-25-9-12-11-4-2-3-5-15(11)26-16(12)17(24)23-10-6-7-14(19)13(8-10)18(20,21)22/h2-8H,9H2,1H3,(H,23,24). The third-order valence-electron chi connectivity index (χ3n) is 3.72. The van der Waals surface area contributed by atoms with Gasteiger partial charge in [0.1, 0.15) is 5.58 Å². The number of anilines is 1. The monoisotopic (exact) mass is 383 g/mol. The smallest absolute Gasteiger partial charge is 0.417 e. The second-order valence-corrected chi connectivity index (χ2v) is 5.89. The Hall–Kier alpha value is -2.51. The molecule has 0 radical (unpaired) electrons. The van der Waals surface area contributed by atoms with Gasteiger partial charge in [-0.05, 0) is 24.3 Å². The summed E-state index contributed by atoms with van der Waals surface area (Å²) in [6.07, 6.45) is -4.63. The molecule has 8 heteroatoms. The van der Waals surface area contributed by atoms with Crippen molar-refractivity contribution < 1.29 is 27.1 Å². The van der Waals surface area contributed by atoms with E-state index >= 15 is 0 Å². The van der Waals surface area contributed by atoms with Crippen molar-refractivity contribution in [2.75, 3.05) is 12.4 Å². The molecule has 0 atom stereocenters. The first-order valence-corrected chi connectivity index (χ1v) is 7.86. The molecular weight excluding hydrogens is 371 g/mol. The van der Waals surface area contributed by atoms with Gasteiger partial charge in [0.25, 0.3) is 5.91 Å². The number of carbonyl (C=O) groups excluding carboxylic acids is 1. The van der Waals surface area contributed by atoms with Gasteiger partial charge >= 0.3 is 6.18 Å². The molecule has 0 unspecified atom stereocenters. The zero-order chi connectivity index (χ0) is 18.9. The zero-order valence-corrected chi connectivity index (χ0v) is 14.2. The lowest BCUT2D eigenvalue weighted by atomic mass is 10.1. The number of carbonyl (C=O) groups is 1. The highest BCUT2D eigenvalue weighted by Crippen LogP contribution is 2.36. The van der Waals surface area contributed by atoms with Crippen LogP contribution in [0.15, 0.2) is 46.9 Å². The molecule has 1 aromatic heterocycles. The Kier molecular flexibility index (Phi) is 4.93. The number of hydrogen-bond donors (Lipinski definition) is 1. The molecule has 26 heavy (non-hydrogen) atoms. The fraction of sp³-hybridized carbons (Fsp3) is 0.167. The number of hydrogen-bond acceptors (Lipinski definition) is 3. The summed E-state index contributed by atoms with van der Waals surface area (Å²) >= 11 is 5.59. The minimum Gasteiger partial charge on any atom is -0.451 e. The van der Waals surface area contributed by atoms with E-state index in [0.717, 1.165) is 12.1 Å². The summed E-state index contributed by atoms with van der Waals surface area (Å²) < 4.78 is 49.6. The Bertz CT molecular complexity index is 966. The summed E-state index contributed by atoms with van der Waals surface area (Å²) in [5.74, 6) is -0.694. The molecule has 0 bridgehead atoms. The van der Waals surface area contributed by atoms with Crippen LogP contribution in [0.25, 0.3) is 11.0 Å². The number of halogens is 4. The highest BCUT2D eigenvalue weighted by Gasteiger charge is 2.33. The van der Waals surface area contributed by atoms with Gasteiger partial charge in [-0.25, -0.2) is 0 Å². The number of para-hydroxylation sites is 1. The van der Waals surface area contributed by atoms with Gasteiger partial charge in [0, 0.05) is 23.7 Å². The molecule has 0 aliphatic rings. The molecule has 1 N–H and O–H groups in total. The first kappa shape index (κ1) is 18.3. The number of amides is 1. The van der Waals surface area contributed by atoms with Crippen LogP contribution in [-0.2, 0) is 17.5 Å². The Balaban J connectivity index is 1.96. The van der Waals surface area contributed by atoms with Crippen LogP contribution in [0.4, 0.5) is 18.9 Å². The summed E-state index contributed by atoms with van der Waals surface area (Å²) in [7, 11) is 1.47. The van der Waals surface area contributed by atoms with Crippen LogP contribution in [0, 0.1) is 0 Å². The molecule has 1 heterocycles. The molecule has 2 aromatic carbocycles. The van der Waals surface area contributed by atoms with Crippen LogP contribution in [0.1, 0.15) is 21.7 Å². The van der Waals surface area contributed by atoms with Crippen molar-refractivity contribution in [3.8, 4) is 0 Å². The fourth-order valence-electron chi connectivity index (χ4n) is 2.58. The van der Waals surface area contributed by atoms with E-state index < -0.39 is 22.7 Å². The number of fused-ring (bicyclic) bond motifs is 1. The summed E-state index contributed by atoms with van der Waals surface area (Å²) in [6.45, 7) is 0.119. The first-order valence-electron chi connectivity index (χ1n) is 7.48. The van der Waals surface area contributed by atoms with Crippen LogP contribution in [0.2, 0.25) is 5.02 Å². The number of furan rings is 1.